The number of hydrogen-bond donors (Lipinski definition) is 1. The zero-order chi connectivity index (χ0) is 12.3. The van der Waals surface area contributed by atoms with Gasteiger partial charge in [-0.3, -0.25) is 14.9 Å². The van der Waals surface area contributed by atoms with Gasteiger partial charge in [-0.05, 0) is 24.0 Å². The SMILES string of the molecule is O=C1CCC(c2ccc(CCBr)cc2)C(=O)N1. The Labute approximate surface area is 109 Å². The predicted molar refractivity (Wildman–Crippen MR) is 69.1 cm³/mol. The highest BCUT2D eigenvalue weighted by Crippen LogP contribution is 2.24. The number of aryl methyl sites for hydroxylation is 1. The van der Waals surface area contributed by atoms with E-state index in [-0.39, 0.29) is 17.7 Å². The first-order valence-corrected chi connectivity index (χ1v) is 6.81. The van der Waals surface area contributed by atoms with Crippen molar-refractivity contribution in [2.75, 3.05) is 5.33 Å². The summed E-state index contributed by atoms with van der Waals surface area (Å²) < 4.78 is 0. The van der Waals surface area contributed by atoms with Crippen molar-refractivity contribution in [1.29, 1.82) is 0 Å². The van der Waals surface area contributed by atoms with Gasteiger partial charge in [0.25, 0.3) is 0 Å². The number of amides is 2. The third-order valence-corrected chi connectivity index (χ3v) is 3.40. The number of carbonyl (C=O) groups is 2. The average Bonchev–Trinajstić information content (AvgIpc) is 2.31. The first-order valence-electron chi connectivity index (χ1n) is 5.69. The second-order valence-electron chi connectivity index (χ2n) is 4.18. The number of carbonyl (C=O) groups excluding carboxylic acids is 2. The van der Waals surface area contributed by atoms with Gasteiger partial charge in [-0.25, -0.2) is 0 Å². The Morgan fingerprint density at radius 2 is 1.94 bits per heavy atom. The number of nitrogens with one attached hydrogen (secondary N) is 1. The molecule has 17 heavy (non-hydrogen) atoms. The molecule has 3 nitrogen and oxygen atoms in total. The minimum Gasteiger partial charge on any atom is -0.296 e. The van der Waals surface area contributed by atoms with E-state index in [2.05, 4.69) is 21.2 Å². The molecule has 1 fully saturated rings. The van der Waals surface area contributed by atoms with Gasteiger partial charge in [0, 0.05) is 11.8 Å². The van der Waals surface area contributed by atoms with Crippen LogP contribution in [0.1, 0.15) is 29.9 Å². The van der Waals surface area contributed by atoms with E-state index in [1.807, 2.05) is 24.3 Å². The maximum Gasteiger partial charge on any atom is 0.234 e. The molecule has 0 bridgehead atoms. The summed E-state index contributed by atoms with van der Waals surface area (Å²) in [6.07, 6.45) is 2.03. The molecule has 2 amide bonds. The fourth-order valence-corrected chi connectivity index (χ4v) is 2.50. The van der Waals surface area contributed by atoms with E-state index in [4.69, 9.17) is 0 Å². The quantitative estimate of drug-likeness (QED) is 0.686. The topological polar surface area (TPSA) is 46.2 Å². The highest BCUT2D eigenvalue weighted by atomic mass is 79.9. The number of alkyl halides is 1. The number of rotatable bonds is 3. The summed E-state index contributed by atoms with van der Waals surface area (Å²) in [4.78, 5) is 22.7. The standard InChI is InChI=1S/C13H14BrNO2/c14-8-7-9-1-3-10(4-2-9)11-5-6-12(16)15-13(11)17/h1-4,11H,5-8H2,(H,15,16,17). The van der Waals surface area contributed by atoms with Crippen LogP contribution < -0.4 is 5.32 Å². The van der Waals surface area contributed by atoms with Crippen LogP contribution >= 0.6 is 15.9 Å². The van der Waals surface area contributed by atoms with E-state index in [1.165, 1.54) is 5.56 Å². The van der Waals surface area contributed by atoms with Gasteiger partial charge in [0.05, 0.1) is 5.92 Å². The van der Waals surface area contributed by atoms with Crippen molar-refractivity contribution in [3.05, 3.63) is 35.4 Å². The fourth-order valence-electron chi connectivity index (χ4n) is 2.04. The molecule has 0 radical (unpaired) electrons. The van der Waals surface area contributed by atoms with Crippen LogP contribution in [0, 0.1) is 0 Å². The molecule has 1 aromatic rings. The van der Waals surface area contributed by atoms with Crippen LogP contribution in [0.3, 0.4) is 0 Å². The van der Waals surface area contributed by atoms with Crippen molar-refractivity contribution in [3.63, 3.8) is 0 Å². The van der Waals surface area contributed by atoms with Gasteiger partial charge in [-0.1, -0.05) is 40.2 Å². The Balaban J connectivity index is 2.11. The van der Waals surface area contributed by atoms with E-state index in [1.54, 1.807) is 0 Å². The summed E-state index contributed by atoms with van der Waals surface area (Å²) in [6, 6.07) is 8.05. The highest BCUT2D eigenvalue weighted by molar-refractivity contribution is 9.09. The molecule has 1 unspecified atom stereocenters. The fraction of sp³-hybridized carbons (Fsp3) is 0.385. The predicted octanol–water partition coefficient (Wildman–Crippen LogP) is 2.14. The lowest BCUT2D eigenvalue weighted by atomic mass is 9.90. The third-order valence-electron chi connectivity index (χ3n) is 3.00. The molecule has 4 heteroatoms. The van der Waals surface area contributed by atoms with Crippen LogP contribution in [0.15, 0.2) is 24.3 Å². The monoisotopic (exact) mass is 295 g/mol. The van der Waals surface area contributed by atoms with Crippen molar-refractivity contribution < 1.29 is 9.59 Å². The maximum absolute atomic E-state index is 11.7. The molecule has 1 aliphatic heterocycles. The van der Waals surface area contributed by atoms with Crippen molar-refractivity contribution >= 4 is 27.7 Å². The van der Waals surface area contributed by atoms with Gasteiger partial charge in [0.1, 0.15) is 0 Å². The van der Waals surface area contributed by atoms with E-state index >= 15 is 0 Å². The van der Waals surface area contributed by atoms with Gasteiger partial charge >= 0.3 is 0 Å². The largest absolute Gasteiger partial charge is 0.296 e. The Hall–Kier alpha value is -1.16. The lowest BCUT2D eigenvalue weighted by Gasteiger charge is -2.21. The number of hydrogen-bond acceptors (Lipinski definition) is 2. The zero-order valence-electron chi connectivity index (χ0n) is 9.41. The van der Waals surface area contributed by atoms with Gasteiger partial charge in [-0.15, -0.1) is 0 Å². The van der Waals surface area contributed by atoms with E-state index in [9.17, 15) is 9.59 Å². The summed E-state index contributed by atoms with van der Waals surface area (Å²) in [5.74, 6) is -0.512. The first kappa shape index (κ1) is 12.3. The van der Waals surface area contributed by atoms with Gasteiger partial charge in [0.2, 0.25) is 11.8 Å². The van der Waals surface area contributed by atoms with Crippen molar-refractivity contribution in [1.82, 2.24) is 5.32 Å². The van der Waals surface area contributed by atoms with Crippen molar-refractivity contribution in [2.24, 2.45) is 0 Å². The number of benzene rings is 1. The molecule has 0 spiro atoms. The smallest absolute Gasteiger partial charge is 0.234 e. The average molecular weight is 296 g/mol. The van der Waals surface area contributed by atoms with Gasteiger partial charge < -0.3 is 0 Å². The number of halogens is 1. The van der Waals surface area contributed by atoms with Crippen LogP contribution in [0.25, 0.3) is 0 Å². The maximum atomic E-state index is 11.7. The molecule has 2 rings (SSSR count). The second-order valence-corrected chi connectivity index (χ2v) is 4.98. The molecule has 0 aliphatic carbocycles. The molecule has 1 aliphatic rings. The summed E-state index contributed by atoms with van der Waals surface area (Å²) in [7, 11) is 0. The second kappa shape index (κ2) is 5.45. The minimum absolute atomic E-state index is 0.165. The van der Waals surface area contributed by atoms with Crippen molar-refractivity contribution in [2.45, 2.75) is 25.2 Å². The van der Waals surface area contributed by atoms with Crippen LogP contribution in [0.5, 0.6) is 0 Å². The molecule has 1 heterocycles. The molecule has 1 N–H and O–H groups in total. The Morgan fingerprint density at radius 3 is 2.53 bits per heavy atom. The zero-order valence-corrected chi connectivity index (χ0v) is 11.0. The molecular formula is C13H14BrNO2. The van der Waals surface area contributed by atoms with Crippen LogP contribution in [-0.2, 0) is 16.0 Å². The Kier molecular flexibility index (Phi) is 3.94. The highest BCUT2D eigenvalue weighted by Gasteiger charge is 2.27. The number of imide groups is 1. The van der Waals surface area contributed by atoms with E-state index in [0.29, 0.717) is 12.8 Å². The minimum atomic E-state index is -0.175. The first-order chi connectivity index (χ1) is 8.20. The van der Waals surface area contributed by atoms with Crippen LogP contribution in [0.2, 0.25) is 0 Å². The van der Waals surface area contributed by atoms with E-state index in [0.717, 1.165) is 17.3 Å². The Bertz CT molecular complexity index is 428. The summed E-state index contributed by atoms with van der Waals surface area (Å²) in [5, 5.41) is 3.32. The molecule has 1 aromatic carbocycles. The molecule has 1 saturated heterocycles. The molecular weight excluding hydrogens is 282 g/mol. The van der Waals surface area contributed by atoms with Crippen LogP contribution in [-0.4, -0.2) is 17.1 Å². The van der Waals surface area contributed by atoms with Gasteiger partial charge in [-0.2, -0.15) is 0 Å². The van der Waals surface area contributed by atoms with E-state index < -0.39 is 0 Å². The third kappa shape index (κ3) is 2.94. The summed E-state index contributed by atoms with van der Waals surface area (Å²) in [6.45, 7) is 0. The molecule has 90 valence electrons. The lowest BCUT2D eigenvalue weighted by Crippen LogP contribution is -2.39. The molecule has 1 atom stereocenters. The molecule has 0 saturated carbocycles. The summed E-state index contributed by atoms with van der Waals surface area (Å²) in [5.41, 5.74) is 2.24. The Morgan fingerprint density at radius 1 is 1.24 bits per heavy atom. The van der Waals surface area contributed by atoms with Gasteiger partial charge in [0.15, 0.2) is 0 Å². The lowest BCUT2D eigenvalue weighted by molar-refractivity contribution is -0.134. The van der Waals surface area contributed by atoms with Crippen LogP contribution in [0.4, 0.5) is 0 Å². The summed E-state index contributed by atoms with van der Waals surface area (Å²) >= 11 is 3.40. The van der Waals surface area contributed by atoms with Crippen molar-refractivity contribution in [3.8, 4) is 0 Å². The number of piperidine rings is 1. The molecule has 0 aromatic heterocycles. The normalized spacial score (nSPS) is 20.2.